The minimum Gasteiger partial charge on any atom is -0.496 e. The molecule has 1 aromatic carbocycles. The molecule has 0 fully saturated rings. The summed E-state index contributed by atoms with van der Waals surface area (Å²) in [6.07, 6.45) is 1.90. The molecule has 1 amide bonds. The van der Waals surface area contributed by atoms with Gasteiger partial charge in [-0.3, -0.25) is 9.48 Å². The van der Waals surface area contributed by atoms with E-state index in [9.17, 15) is 4.79 Å². The van der Waals surface area contributed by atoms with Crippen LogP contribution in [0.1, 0.15) is 36.8 Å². The maximum atomic E-state index is 13.5. The third-order valence-corrected chi connectivity index (χ3v) is 6.82. The summed E-state index contributed by atoms with van der Waals surface area (Å²) in [5.41, 5.74) is 5.16. The second-order valence-electron chi connectivity index (χ2n) is 9.33. The van der Waals surface area contributed by atoms with Gasteiger partial charge in [-0.1, -0.05) is 0 Å². The van der Waals surface area contributed by atoms with Crippen molar-refractivity contribution < 1.29 is 14.3 Å². The van der Waals surface area contributed by atoms with E-state index >= 15 is 0 Å². The molecule has 8 nitrogen and oxygen atoms in total. The summed E-state index contributed by atoms with van der Waals surface area (Å²) in [6, 6.07) is 7.98. The van der Waals surface area contributed by atoms with E-state index in [-0.39, 0.29) is 11.4 Å². The molecule has 34 heavy (non-hydrogen) atoms. The maximum absolute atomic E-state index is 13.5. The Morgan fingerprint density at radius 2 is 2.00 bits per heavy atom. The quantitative estimate of drug-likeness (QED) is 0.423. The molecule has 4 aromatic rings. The second kappa shape index (κ2) is 8.02. The topological polar surface area (TPSA) is 74.4 Å². The number of hydrogen-bond donors (Lipinski definition) is 0. The Labute approximate surface area is 202 Å². The fourth-order valence-electron chi connectivity index (χ4n) is 3.98. The number of aromatic nitrogens is 4. The number of aryl methyl sites for hydroxylation is 1. The summed E-state index contributed by atoms with van der Waals surface area (Å²) >= 11 is 1.57. The van der Waals surface area contributed by atoms with Gasteiger partial charge in [0.25, 0.3) is 5.91 Å². The summed E-state index contributed by atoms with van der Waals surface area (Å²) in [7, 11) is 5.33. The van der Waals surface area contributed by atoms with Crippen molar-refractivity contribution >= 4 is 17.2 Å². The van der Waals surface area contributed by atoms with Crippen molar-refractivity contribution in [1.29, 1.82) is 0 Å². The molecule has 1 aliphatic rings. The standard InChI is InChI=1S/C25H27N5O3S/c1-25(2,3)29(5)24(31)21-23-22(30(27-21)16-8-10-34-14-16)17-12-18(19-7-9-28(4)26-19)20(32-6)11-15(17)13-33-23/h7-12,14H,13H2,1-6H3. The average Bonchev–Trinajstić information content (AvgIpc) is 3.55. The van der Waals surface area contributed by atoms with Crippen LogP contribution >= 0.6 is 11.3 Å². The monoisotopic (exact) mass is 477 g/mol. The SMILES string of the molecule is COc1cc2c(cc1-c1ccn(C)n1)-c1c(c(C(=O)N(C)C(C)(C)C)nn1-c1ccsc1)OC2. The zero-order valence-corrected chi connectivity index (χ0v) is 20.9. The van der Waals surface area contributed by atoms with Crippen molar-refractivity contribution in [2.75, 3.05) is 14.2 Å². The lowest BCUT2D eigenvalue weighted by Crippen LogP contribution is -2.42. The average molecular weight is 478 g/mol. The Balaban J connectivity index is 1.75. The van der Waals surface area contributed by atoms with Gasteiger partial charge < -0.3 is 14.4 Å². The third kappa shape index (κ3) is 3.56. The fraction of sp³-hybridized carbons (Fsp3) is 0.320. The van der Waals surface area contributed by atoms with E-state index in [4.69, 9.17) is 14.6 Å². The molecule has 0 bridgehead atoms. The molecule has 0 saturated carbocycles. The summed E-state index contributed by atoms with van der Waals surface area (Å²) < 4.78 is 15.5. The molecular formula is C25H27N5O3S. The zero-order valence-electron chi connectivity index (χ0n) is 20.1. The van der Waals surface area contributed by atoms with Crippen molar-refractivity contribution in [3.8, 4) is 39.7 Å². The Morgan fingerprint density at radius 1 is 1.21 bits per heavy atom. The van der Waals surface area contributed by atoms with E-state index < -0.39 is 0 Å². The Bertz CT molecular complexity index is 1380. The summed E-state index contributed by atoms with van der Waals surface area (Å²) in [4.78, 5) is 15.2. The first-order valence-electron chi connectivity index (χ1n) is 11.0. The molecular weight excluding hydrogens is 450 g/mol. The lowest BCUT2D eigenvalue weighted by Gasteiger charge is -2.31. The van der Waals surface area contributed by atoms with Crippen LogP contribution in [0, 0.1) is 0 Å². The highest BCUT2D eigenvalue weighted by Gasteiger charge is 2.35. The molecule has 176 valence electrons. The number of methoxy groups -OCH3 is 1. The molecule has 0 N–H and O–H groups in total. The Morgan fingerprint density at radius 3 is 2.62 bits per heavy atom. The van der Waals surface area contributed by atoms with E-state index in [1.165, 1.54) is 0 Å². The van der Waals surface area contributed by atoms with Crippen LogP contribution in [0.4, 0.5) is 0 Å². The van der Waals surface area contributed by atoms with E-state index in [2.05, 4.69) is 11.2 Å². The number of benzene rings is 1. The normalized spacial score (nSPS) is 12.6. The van der Waals surface area contributed by atoms with E-state index in [1.807, 2.05) is 67.7 Å². The van der Waals surface area contributed by atoms with Gasteiger partial charge >= 0.3 is 0 Å². The van der Waals surface area contributed by atoms with Crippen LogP contribution in [-0.4, -0.2) is 50.1 Å². The second-order valence-corrected chi connectivity index (χ2v) is 10.1. The molecule has 0 unspecified atom stereocenters. The highest BCUT2D eigenvalue weighted by atomic mass is 32.1. The van der Waals surface area contributed by atoms with Gasteiger partial charge in [0.05, 0.1) is 18.5 Å². The number of hydrogen-bond acceptors (Lipinski definition) is 6. The first kappa shape index (κ1) is 22.2. The minimum atomic E-state index is -0.359. The van der Waals surface area contributed by atoms with Crippen LogP contribution in [0.2, 0.25) is 0 Å². The van der Waals surface area contributed by atoms with Gasteiger partial charge in [-0.25, -0.2) is 4.68 Å². The number of amides is 1. The number of carbonyl (C=O) groups is 1. The number of ether oxygens (including phenoxy) is 2. The first-order chi connectivity index (χ1) is 16.2. The Kier molecular flexibility index (Phi) is 5.24. The van der Waals surface area contributed by atoms with Crippen LogP contribution in [0.25, 0.3) is 28.2 Å². The molecule has 5 rings (SSSR count). The largest absolute Gasteiger partial charge is 0.496 e. The molecule has 4 heterocycles. The van der Waals surface area contributed by atoms with E-state index in [1.54, 1.807) is 35.1 Å². The molecule has 9 heteroatoms. The van der Waals surface area contributed by atoms with E-state index in [0.717, 1.165) is 39.5 Å². The molecule has 0 aliphatic carbocycles. The molecule has 3 aromatic heterocycles. The van der Waals surface area contributed by atoms with Crippen LogP contribution in [0.15, 0.2) is 41.2 Å². The first-order valence-corrected chi connectivity index (χ1v) is 11.9. The van der Waals surface area contributed by atoms with Crippen molar-refractivity contribution in [1.82, 2.24) is 24.5 Å². The third-order valence-electron chi connectivity index (χ3n) is 6.15. The van der Waals surface area contributed by atoms with Crippen molar-refractivity contribution in [3.05, 3.63) is 52.5 Å². The van der Waals surface area contributed by atoms with Gasteiger partial charge in [0.2, 0.25) is 0 Å². The molecule has 0 radical (unpaired) electrons. The Hall–Kier alpha value is -3.59. The van der Waals surface area contributed by atoms with Gasteiger partial charge in [0.1, 0.15) is 18.1 Å². The van der Waals surface area contributed by atoms with Crippen molar-refractivity contribution in [3.63, 3.8) is 0 Å². The molecule has 0 saturated heterocycles. The van der Waals surface area contributed by atoms with Gasteiger partial charge in [-0.2, -0.15) is 21.5 Å². The molecule has 0 spiro atoms. The summed E-state index contributed by atoms with van der Waals surface area (Å²) in [6.45, 7) is 6.30. The highest BCUT2D eigenvalue weighted by Crippen LogP contribution is 2.45. The van der Waals surface area contributed by atoms with E-state index in [0.29, 0.717) is 18.1 Å². The predicted molar refractivity (Wildman–Crippen MR) is 132 cm³/mol. The smallest absolute Gasteiger partial charge is 0.278 e. The zero-order chi connectivity index (χ0) is 24.2. The van der Waals surface area contributed by atoms with Gasteiger partial charge in [0, 0.05) is 47.9 Å². The lowest BCUT2D eigenvalue weighted by atomic mass is 9.96. The number of fused-ring (bicyclic) bond motifs is 3. The number of nitrogens with zero attached hydrogens (tertiary/aromatic N) is 5. The predicted octanol–water partition coefficient (Wildman–Crippen LogP) is 4.77. The van der Waals surface area contributed by atoms with Gasteiger partial charge in [0.15, 0.2) is 11.4 Å². The van der Waals surface area contributed by atoms with Crippen LogP contribution in [0.3, 0.4) is 0 Å². The van der Waals surface area contributed by atoms with Crippen molar-refractivity contribution in [2.24, 2.45) is 7.05 Å². The van der Waals surface area contributed by atoms with Crippen LogP contribution in [-0.2, 0) is 13.7 Å². The van der Waals surface area contributed by atoms with Crippen LogP contribution in [0.5, 0.6) is 11.5 Å². The van der Waals surface area contributed by atoms with Crippen molar-refractivity contribution in [2.45, 2.75) is 32.9 Å². The molecule has 1 aliphatic heterocycles. The highest BCUT2D eigenvalue weighted by molar-refractivity contribution is 7.08. The minimum absolute atomic E-state index is 0.181. The number of rotatable bonds is 4. The lowest BCUT2D eigenvalue weighted by molar-refractivity contribution is 0.0644. The molecule has 0 atom stereocenters. The number of carbonyl (C=O) groups excluding carboxylic acids is 1. The summed E-state index contributed by atoms with van der Waals surface area (Å²) in [5, 5.41) is 13.3. The fourth-order valence-corrected chi connectivity index (χ4v) is 4.60. The van der Waals surface area contributed by atoms with Gasteiger partial charge in [-0.15, -0.1) is 0 Å². The van der Waals surface area contributed by atoms with Crippen LogP contribution < -0.4 is 9.47 Å². The van der Waals surface area contributed by atoms with Gasteiger partial charge in [-0.05, 0) is 50.4 Å². The summed E-state index contributed by atoms with van der Waals surface area (Å²) in [5.74, 6) is 1.03. The number of thiophene rings is 1. The maximum Gasteiger partial charge on any atom is 0.278 e.